The quantitative estimate of drug-likeness (QED) is 0.863. The van der Waals surface area contributed by atoms with Crippen LogP contribution in [-0.4, -0.2) is 17.1 Å². The Bertz CT molecular complexity index is 289. The number of hydrogen-bond donors (Lipinski definition) is 1. The summed E-state index contributed by atoms with van der Waals surface area (Å²) in [6.45, 7) is 2.02. The average Bonchev–Trinajstić information content (AvgIpc) is 2.13. The zero-order valence-corrected chi connectivity index (χ0v) is 9.78. The maximum atomic E-state index is 5.65. The maximum Gasteiger partial charge on any atom is 0.159 e. The number of nitrogens with zero attached hydrogens (tertiary/aromatic N) is 2. The molecule has 13 heavy (non-hydrogen) atoms. The smallest absolute Gasteiger partial charge is 0.159 e. The van der Waals surface area contributed by atoms with Gasteiger partial charge in [0.2, 0.25) is 0 Å². The van der Waals surface area contributed by atoms with Gasteiger partial charge in [-0.3, -0.25) is 0 Å². The van der Waals surface area contributed by atoms with Crippen LogP contribution in [0.4, 0.5) is 5.82 Å². The van der Waals surface area contributed by atoms with E-state index in [1.165, 1.54) is 0 Å². The van der Waals surface area contributed by atoms with Crippen molar-refractivity contribution in [1.82, 2.24) is 9.97 Å². The highest BCUT2D eigenvalue weighted by Gasteiger charge is 2.12. The lowest BCUT2D eigenvalue weighted by Crippen LogP contribution is -2.08. The summed E-state index contributed by atoms with van der Waals surface area (Å²) < 4.78 is 6.07. The third-order valence-corrected chi connectivity index (χ3v) is 2.56. The van der Waals surface area contributed by atoms with Crippen LogP contribution in [0.2, 0.25) is 0 Å². The largest absolute Gasteiger partial charge is 0.383 e. The van der Waals surface area contributed by atoms with Gasteiger partial charge in [-0.15, -0.1) is 0 Å². The predicted molar refractivity (Wildman–Crippen MR) is 59.2 cm³/mol. The van der Waals surface area contributed by atoms with Crippen molar-refractivity contribution in [2.75, 3.05) is 12.8 Å². The van der Waals surface area contributed by atoms with Crippen LogP contribution in [0.25, 0.3) is 0 Å². The summed E-state index contributed by atoms with van der Waals surface area (Å²) in [5.41, 5.74) is 5.65. The Morgan fingerprint density at radius 1 is 1.69 bits per heavy atom. The number of ether oxygens (including phenoxy) is 1. The third-order valence-electron chi connectivity index (χ3n) is 1.73. The number of hydrogen-bond acceptors (Lipinski definition) is 4. The van der Waals surface area contributed by atoms with E-state index in [4.69, 9.17) is 10.5 Å². The Morgan fingerprint density at radius 2 is 2.38 bits per heavy atom. The second kappa shape index (κ2) is 4.71. The first-order chi connectivity index (χ1) is 6.19. The summed E-state index contributed by atoms with van der Waals surface area (Å²) in [7, 11) is 1.64. The molecule has 2 N–H and O–H groups in total. The second-order valence-corrected chi connectivity index (χ2v) is 3.76. The van der Waals surface area contributed by atoms with E-state index in [0.717, 1.165) is 9.99 Å². The van der Waals surface area contributed by atoms with Crippen LogP contribution in [0.5, 0.6) is 0 Å². The van der Waals surface area contributed by atoms with Crippen molar-refractivity contribution in [3.63, 3.8) is 0 Å². The lowest BCUT2D eigenvalue weighted by Gasteiger charge is -2.11. The Balaban J connectivity index is 2.95. The molecule has 0 aliphatic heterocycles. The number of nitrogen functional groups attached to an aromatic ring is 1. The summed E-state index contributed by atoms with van der Waals surface area (Å²) in [5.74, 6) is 1.17. The zero-order valence-electron chi connectivity index (χ0n) is 7.62. The van der Waals surface area contributed by atoms with Crippen LogP contribution in [-0.2, 0) is 4.74 Å². The van der Waals surface area contributed by atoms with Crippen molar-refractivity contribution in [1.29, 1.82) is 0 Å². The van der Waals surface area contributed by atoms with E-state index >= 15 is 0 Å². The fourth-order valence-corrected chi connectivity index (χ4v) is 1.26. The molecule has 0 aliphatic rings. The maximum absolute atomic E-state index is 5.65. The van der Waals surface area contributed by atoms with Crippen LogP contribution in [0.1, 0.15) is 25.3 Å². The third kappa shape index (κ3) is 2.50. The van der Waals surface area contributed by atoms with Crippen molar-refractivity contribution >= 4 is 28.4 Å². The van der Waals surface area contributed by atoms with Crippen molar-refractivity contribution < 1.29 is 4.74 Å². The van der Waals surface area contributed by atoms with Gasteiger partial charge in [0.1, 0.15) is 11.9 Å². The van der Waals surface area contributed by atoms with Crippen molar-refractivity contribution in [3.05, 3.63) is 15.6 Å². The van der Waals surface area contributed by atoms with E-state index in [2.05, 4.69) is 32.6 Å². The molecule has 0 saturated carbocycles. The number of methoxy groups -OCH3 is 1. The van der Waals surface area contributed by atoms with Gasteiger partial charge in [0.15, 0.2) is 5.82 Å². The van der Waals surface area contributed by atoms with E-state index in [1.54, 1.807) is 13.3 Å². The monoisotopic (exact) mass is 293 g/mol. The summed E-state index contributed by atoms with van der Waals surface area (Å²) in [6, 6.07) is 0. The molecule has 0 aromatic carbocycles. The molecule has 1 unspecified atom stereocenters. The van der Waals surface area contributed by atoms with Crippen molar-refractivity contribution in [2.45, 2.75) is 19.4 Å². The highest BCUT2D eigenvalue weighted by molar-refractivity contribution is 14.1. The SMILES string of the molecule is CCC(OC)c1ncc(I)c(N)n1. The Kier molecular flexibility index (Phi) is 3.86. The van der Waals surface area contributed by atoms with E-state index in [9.17, 15) is 0 Å². The fourth-order valence-electron chi connectivity index (χ4n) is 1.00. The first kappa shape index (κ1) is 10.6. The van der Waals surface area contributed by atoms with Crippen molar-refractivity contribution in [3.8, 4) is 0 Å². The first-order valence-electron chi connectivity index (χ1n) is 3.99. The van der Waals surface area contributed by atoms with Gasteiger partial charge in [-0.05, 0) is 29.0 Å². The molecular formula is C8H12IN3O. The molecule has 0 saturated heterocycles. The van der Waals surface area contributed by atoms with E-state index in [0.29, 0.717) is 11.6 Å². The number of aromatic nitrogens is 2. The molecule has 1 heterocycles. The summed E-state index contributed by atoms with van der Waals surface area (Å²) >= 11 is 2.10. The summed E-state index contributed by atoms with van der Waals surface area (Å²) in [6.07, 6.45) is 2.50. The summed E-state index contributed by atoms with van der Waals surface area (Å²) in [5, 5.41) is 0. The molecule has 1 rings (SSSR count). The van der Waals surface area contributed by atoms with Gasteiger partial charge < -0.3 is 10.5 Å². The Morgan fingerprint density at radius 3 is 2.85 bits per heavy atom. The molecular weight excluding hydrogens is 281 g/mol. The number of anilines is 1. The van der Waals surface area contributed by atoms with Gasteiger partial charge in [-0.1, -0.05) is 6.92 Å². The molecule has 0 fully saturated rings. The van der Waals surface area contributed by atoms with E-state index in [1.807, 2.05) is 6.92 Å². The second-order valence-electron chi connectivity index (χ2n) is 2.59. The number of rotatable bonds is 3. The predicted octanol–water partition coefficient (Wildman–Crippen LogP) is 1.76. The van der Waals surface area contributed by atoms with Gasteiger partial charge in [0.25, 0.3) is 0 Å². The van der Waals surface area contributed by atoms with Crippen molar-refractivity contribution in [2.24, 2.45) is 0 Å². The minimum absolute atomic E-state index is 0.0562. The van der Waals surface area contributed by atoms with Crippen LogP contribution < -0.4 is 5.73 Å². The highest BCUT2D eigenvalue weighted by atomic mass is 127. The van der Waals surface area contributed by atoms with Crippen LogP contribution >= 0.6 is 22.6 Å². The molecule has 1 aromatic heterocycles. The normalized spacial score (nSPS) is 12.8. The molecule has 0 bridgehead atoms. The number of nitrogens with two attached hydrogens (primary N) is 1. The van der Waals surface area contributed by atoms with Gasteiger partial charge in [-0.2, -0.15) is 0 Å². The molecule has 1 aromatic rings. The zero-order chi connectivity index (χ0) is 9.84. The molecule has 0 radical (unpaired) electrons. The molecule has 1 atom stereocenters. The van der Waals surface area contributed by atoms with Crippen LogP contribution in [0.15, 0.2) is 6.20 Å². The molecule has 5 heteroatoms. The molecule has 0 spiro atoms. The van der Waals surface area contributed by atoms with E-state index < -0.39 is 0 Å². The van der Waals surface area contributed by atoms with Crippen LogP contribution in [0.3, 0.4) is 0 Å². The molecule has 0 aliphatic carbocycles. The van der Waals surface area contributed by atoms with Gasteiger partial charge >= 0.3 is 0 Å². The minimum atomic E-state index is -0.0562. The van der Waals surface area contributed by atoms with Gasteiger partial charge in [0.05, 0.1) is 3.57 Å². The van der Waals surface area contributed by atoms with Gasteiger partial charge in [-0.25, -0.2) is 9.97 Å². The summed E-state index contributed by atoms with van der Waals surface area (Å²) in [4.78, 5) is 8.31. The fraction of sp³-hybridized carbons (Fsp3) is 0.500. The highest BCUT2D eigenvalue weighted by Crippen LogP contribution is 2.18. The molecule has 0 amide bonds. The lowest BCUT2D eigenvalue weighted by atomic mass is 10.2. The average molecular weight is 293 g/mol. The van der Waals surface area contributed by atoms with Gasteiger partial charge in [0, 0.05) is 13.3 Å². The van der Waals surface area contributed by atoms with E-state index in [-0.39, 0.29) is 6.10 Å². The molecule has 72 valence electrons. The number of halogens is 1. The Hall–Kier alpha value is -0.430. The minimum Gasteiger partial charge on any atom is -0.383 e. The first-order valence-corrected chi connectivity index (χ1v) is 5.07. The topological polar surface area (TPSA) is 61.0 Å². The van der Waals surface area contributed by atoms with Crippen LogP contribution in [0, 0.1) is 3.57 Å². The molecule has 4 nitrogen and oxygen atoms in total. The Labute approximate surface area is 91.0 Å². The standard InChI is InChI=1S/C8H12IN3O/c1-3-6(13-2)8-11-4-5(9)7(10)12-8/h4,6H,3H2,1-2H3,(H2,10,11,12). The lowest BCUT2D eigenvalue weighted by molar-refractivity contribution is 0.0927.